The smallest absolute Gasteiger partial charge is 0.365 e. The van der Waals surface area contributed by atoms with E-state index in [0.717, 1.165) is 25.6 Å². The lowest BCUT2D eigenvalue weighted by Crippen LogP contribution is -2.51. The first kappa shape index (κ1) is 20.7. The molecule has 1 aliphatic carbocycles. The zero-order valence-corrected chi connectivity index (χ0v) is 17.4. The molecule has 2 aliphatic heterocycles. The van der Waals surface area contributed by atoms with Crippen LogP contribution >= 0.6 is 0 Å². The number of halogens is 3. The van der Waals surface area contributed by atoms with E-state index in [4.69, 9.17) is 4.74 Å². The van der Waals surface area contributed by atoms with Crippen LogP contribution in [0.3, 0.4) is 0 Å². The predicted octanol–water partition coefficient (Wildman–Crippen LogP) is 3.66. The molecular weight excluding hydrogens is 407 g/mol. The third kappa shape index (κ3) is 3.80. The molecule has 0 spiro atoms. The number of ether oxygens (including phenoxy) is 1. The molecule has 8 heteroatoms. The van der Waals surface area contributed by atoms with Crippen molar-refractivity contribution in [3.05, 3.63) is 36.0 Å². The number of rotatable bonds is 4. The highest BCUT2D eigenvalue weighted by Gasteiger charge is 2.45. The maximum atomic E-state index is 13.5. The minimum Gasteiger partial charge on any atom is -0.365 e. The zero-order chi connectivity index (χ0) is 21.8. The zero-order valence-electron chi connectivity index (χ0n) is 17.4. The van der Waals surface area contributed by atoms with Crippen LogP contribution in [-0.4, -0.2) is 49.2 Å². The number of pyridine rings is 1. The SMILES string of the molecule is C[C@@H]1CN(c2ccc(C(F)(F)F)c3ncccc23)C[C@H](C(=O)CC2CC3CNCC32)O1. The third-order valence-corrected chi connectivity index (χ3v) is 7.08. The second kappa shape index (κ2) is 7.74. The normalized spacial score (nSPS) is 30.8. The lowest BCUT2D eigenvalue weighted by Gasteiger charge is -2.42. The Kier molecular flexibility index (Phi) is 5.17. The number of nitrogens with one attached hydrogen (secondary N) is 1. The first-order valence-electron chi connectivity index (χ1n) is 10.9. The van der Waals surface area contributed by atoms with Crippen LogP contribution < -0.4 is 10.2 Å². The Morgan fingerprint density at radius 3 is 2.87 bits per heavy atom. The first-order valence-corrected chi connectivity index (χ1v) is 10.9. The van der Waals surface area contributed by atoms with Crippen LogP contribution in [0.1, 0.15) is 25.3 Å². The van der Waals surface area contributed by atoms with Gasteiger partial charge >= 0.3 is 6.18 Å². The van der Waals surface area contributed by atoms with Crippen LogP contribution in [0.5, 0.6) is 0 Å². The van der Waals surface area contributed by atoms with E-state index >= 15 is 0 Å². The van der Waals surface area contributed by atoms with Crippen LogP contribution in [0.15, 0.2) is 30.5 Å². The maximum Gasteiger partial charge on any atom is 0.418 e. The number of hydrogen-bond acceptors (Lipinski definition) is 5. The van der Waals surface area contributed by atoms with Crippen molar-refractivity contribution in [3.8, 4) is 0 Å². The van der Waals surface area contributed by atoms with Crippen molar-refractivity contribution < 1.29 is 22.7 Å². The van der Waals surface area contributed by atoms with Gasteiger partial charge in [0.2, 0.25) is 0 Å². The van der Waals surface area contributed by atoms with Gasteiger partial charge in [-0.05, 0) is 68.5 Å². The van der Waals surface area contributed by atoms with Gasteiger partial charge in [-0.15, -0.1) is 0 Å². The Morgan fingerprint density at radius 2 is 2.10 bits per heavy atom. The summed E-state index contributed by atoms with van der Waals surface area (Å²) < 4.78 is 46.3. The van der Waals surface area contributed by atoms with Crippen LogP contribution in [0, 0.1) is 17.8 Å². The number of ketones is 1. The third-order valence-electron chi connectivity index (χ3n) is 7.08. The summed E-state index contributed by atoms with van der Waals surface area (Å²) in [5, 5.41) is 3.84. The van der Waals surface area contributed by atoms with Crippen LogP contribution in [-0.2, 0) is 15.7 Å². The highest BCUT2D eigenvalue weighted by Crippen LogP contribution is 2.45. The van der Waals surface area contributed by atoms with Crippen molar-refractivity contribution in [3.63, 3.8) is 0 Å². The summed E-state index contributed by atoms with van der Waals surface area (Å²) in [6.07, 6.45) is -2.25. The minimum absolute atomic E-state index is 0.0660. The van der Waals surface area contributed by atoms with Crippen molar-refractivity contribution in [1.29, 1.82) is 0 Å². The van der Waals surface area contributed by atoms with Gasteiger partial charge in [-0.25, -0.2) is 0 Å². The Balaban J connectivity index is 1.38. The van der Waals surface area contributed by atoms with Crippen molar-refractivity contribution >= 4 is 22.4 Å². The van der Waals surface area contributed by atoms with E-state index in [0.29, 0.717) is 48.3 Å². The van der Waals surface area contributed by atoms with E-state index in [1.807, 2.05) is 11.8 Å². The number of carbonyl (C=O) groups is 1. The number of nitrogens with zero attached hydrogens (tertiary/aromatic N) is 2. The Bertz CT molecular complexity index is 996. The average molecular weight is 433 g/mol. The monoisotopic (exact) mass is 433 g/mol. The summed E-state index contributed by atoms with van der Waals surface area (Å²) in [6.45, 7) is 4.79. The molecule has 1 aromatic heterocycles. The second-order valence-electron chi connectivity index (χ2n) is 9.12. The summed E-state index contributed by atoms with van der Waals surface area (Å²) in [6, 6.07) is 5.88. The lowest BCUT2D eigenvalue weighted by molar-refractivity contribution is -0.137. The number of alkyl halides is 3. The molecule has 3 aliphatic rings. The number of anilines is 1. The van der Waals surface area contributed by atoms with Gasteiger partial charge < -0.3 is 15.0 Å². The molecule has 5 rings (SSSR count). The number of benzene rings is 1. The molecule has 1 aromatic carbocycles. The topological polar surface area (TPSA) is 54.5 Å². The number of morpholine rings is 1. The van der Waals surface area contributed by atoms with E-state index < -0.39 is 17.8 Å². The van der Waals surface area contributed by atoms with Gasteiger partial charge in [0.1, 0.15) is 6.10 Å². The Hall–Kier alpha value is -2.19. The number of fused-ring (bicyclic) bond motifs is 2. The van der Waals surface area contributed by atoms with Crippen molar-refractivity contribution in [2.75, 3.05) is 31.1 Å². The molecular formula is C23H26F3N3O2. The van der Waals surface area contributed by atoms with E-state index in [-0.39, 0.29) is 17.4 Å². The molecule has 3 fully saturated rings. The highest BCUT2D eigenvalue weighted by molar-refractivity contribution is 5.94. The van der Waals surface area contributed by atoms with Gasteiger partial charge in [-0.2, -0.15) is 13.2 Å². The molecule has 0 radical (unpaired) electrons. The highest BCUT2D eigenvalue weighted by atomic mass is 19.4. The molecule has 31 heavy (non-hydrogen) atoms. The van der Waals surface area contributed by atoms with E-state index in [1.165, 1.54) is 12.3 Å². The lowest BCUT2D eigenvalue weighted by atomic mass is 9.64. The van der Waals surface area contributed by atoms with Crippen molar-refractivity contribution in [2.24, 2.45) is 17.8 Å². The molecule has 1 N–H and O–H groups in total. The Morgan fingerprint density at radius 1 is 1.26 bits per heavy atom. The molecule has 166 valence electrons. The molecule has 3 unspecified atom stereocenters. The minimum atomic E-state index is -4.47. The number of hydrogen-bond donors (Lipinski definition) is 1. The molecule has 5 nitrogen and oxygen atoms in total. The van der Waals surface area contributed by atoms with E-state index in [9.17, 15) is 18.0 Å². The number of Topliss-reactive ketones (excluding diaryl/α,β-unsaturated/α-hetero) is 1. The summed E-state index contributed by atoms with van der Waals surface area (Å²) in [5.41, 5.74) is -0.151. The van der Waals surface area contributed by atoms with Crippen molar-refractivity contribution in [2.45, 2.75) is 38.1 Å². The van der Waals surface area contributed by atoms with Gasteiger partial charge in [0, 0.05) is 30.2 Å². The first-order chi connectivity index (χ1) is 14.8. The Labute approximate surface area is 179 Å². The number of carbonyl (C=O) groups excluding carboxylic acids is 1. The fraction of sp³-hybridized carbons (Fsp3) is 0.565. The van der Waals surface area contributed by atoms with Crippen LogP contribution in [0.25, 0.3) is 10.9 Å². The van der Waals surface area contributed by atoms with Crippen molar-refractivity contribution in [1.82, 2.24) is 10.3 Å². The molecule has 5 atom stereocenters. The second-order valence-corrected chi connectivity index (χ2v) is 9.12. The van der Waals surface area contributed by atoms with Gasteiger partial charge in [0.15, 0.2) is 5.78 Å². The van der Waals surface area contributed by atoms with Gasteiger partial charge in [-0.3, -0.25) is 9.78 Å². The molecule has 0 amide bonds. The average Bonchev–Trinajstić information content (AvgIpc) is 3.10. The summed E-state index contributed by atoms with van der Waals surface area (Å²) in [5.74, 6) is 1.80. The summed E-state index contributed by atoms with van der Waals surface area (Å²) in [7, 11) is 0. The van der Waals surface area contributed by atoms with Crippen LogP contribution in [0.2, 0.25) is 0 Å². The molecule has 2 saturated heterocycles. The fourth-order valence-electron chi connectivity index (χ4n) is 5.54. The summed E-state index contributed by atoms with van der Waals surface area (Å²) in [4.78, 5) is 19.0. The molecule has 1 saturated carbocycles. The largest absolute Gasteiger partial charge is 0.418 e. The van der Waals surface area contributed by atoms with Gasteiger partial charge in [-0.1, -0.05) is 0 Å². The molecule has 2 aromatic rings. The van der Waals surface area contributed by atoms with E-state index in [1.54, 1.807) is 12.1 Å². The number of aromatic nitrogens is 1. The maximum absolute atomic E-state index is 13.5. The van der Waals surface area contributed by atoms with Gasteiger partial charge in [0.05, 0.1) is 23.7 Å². The van der Waals surface area contributed by atoms with Gasteiger partial charge in [0.25, 0.3) is 0 Å². The predicted molar refractivity (Wildman–Crippen MR) is 111 cm³/mol. The fourth-order valence-corrected chi connectivity index (χ4v) is 5.54. The quantitative estimate of drug-likeness (QED) is 0.798. The van der Waals surface area contributed by atoms with Crippen LogP contribution in [0.4, 0.5) is 18.9 Å². The molecule has 3 heterocycles. The molecule has 0 bridgehead atoms. The van der Waals surface area contributed by atoms with E-state index in [2.05, 4.69) is 10.3 Å². The summed E-state index contributed by atoms with van der Waals surface area (Å²) >= 11 is 0. The standard InChI is InChI=1S/C23H26F3N3O2/c1-13-11-29(12-21(31-13)20(30)8-14-7-15-9-27-10-17(14)15)19-5-4-18(23(24,25)26)22-16(19)3-2-6-28-22/h2-6,13-15,17,21,27H,7-12H2,1H3/t13-,14?,15?,17?,21-/m1/s1.